The number of carbonyl (C=O) groups excluding carboxylic acids is 1. The monoisotopic (exact) mass is 471 g/mol. The molecular formula is C26H29N7O2. The lowest BCUT2D eigenvalue weighted by molar-refractivity contribution is -0.144. The molecule has 0 atom stereocenters. The maximum Gasteiger partial charge on any atom is 0.245 e. The molecule has 180 valence electrons. The second-order valence-corrected chi connectivity index (χ2v) is 8.81. The molecule has 9 heteroatoms. The van der Waals surface area contributed by atoms with Crippen molar-refractivity contribution in [3.8, 4) is 11.6 Å². The zero-order chi connectivity index (χ0) is 23.7. The first kappa shape index (κ1) is 23.9. The first-order valence-electron chi connectivity index (χ1n) is 11.0. The van der Waals surface area contributed by atoms with Crippen molar-refractivity contribution in [2.75, 3.05) is 24.1 Å². The number of nitrogens with one attached hydrogen (secondary N) is 2. The number of carbonyl (C=O) groups is 1. The predicted octanol–water partition coefficient (Wildman–Crippen LogP) is 3.89. The van der Waals surface area contributed by atoms with E-state index in [9.17, 15) is 4.79 Å². The summed E-state index contributed by atoms with van der Waals surface area (Å²) in [6.07, 6.45) is 6.19. The van der Waals surface area contributed by atoms with Gasteiger partial charge in [-0.15, -0.1) is 0 Å². The number of nitrogens with two attached hydrogens (primary N) is 1. The highest BCUT2D eigenvalue weighted by atomic mass is 16.5. The van der Waals surface area contributed by atoms with E-state index in [1.807, 2.05) is 35.2 Å². The number of rotatable bonds is 7. The molecule has 1 aromatic carbocycles. The van der Waals surface area contributed by atoms with Gasteiger partial charge in [0.15, 0.2) is 0 Å². The van der Waals surface area contributed by atoms with E-state index in [1.165, 1.54) is 12.4 Å². The molecule has 2 aliphatic rings. The number of para-hydroxylation sites is 1. The van der Waals surface area contributed by atoms with Crippen LogP contribution in [0.4, 0.5) is 11.6 Å². The topological polar surface area (TPSA) is 130 Å². The van der Waals surface area contributed by atoms with Crippen molar-refractivity contribution >= 4 is 23.3 Å². The zero-order valence-electron chi connectivity index (χ0n) is 18.6. The smallest absolute Gasteiger partial charge is 0.245 e. The van der Waals surface area contributed by atoms with E-state index >= 15 is 0 Å². The number of ether oxygens (including phenoxy) is 1. The minimum Gasteiger partial charge on any atom is -0.439 e. The molecular weight excluding hydrogens is 442 g/mol. The lowest BCUT2D eigenvalue weighted by Crippen LogP contribution is -2.66. The zero-order valence-corrected chi connectivity index (χ0v) is 18.6. The lowest BCUT2D eigenvalue weighted by Gasteiger charge is -2.59. The van der Waals surface area contributed by atoms with Crippen LogP contribution < -0.4 is 15.8 Å². The normalized spacial score (nSPS) is 15.8. The summed E-state index contributed by atoms with van der Waals surface area (Å²) < 4.78 is 5.73. The molecule has 3 aromatic rings. The number of nitrogen functional groups attached to an aromatic ring is 1. The van der Waals surface area contributed by atoms with Gasteiger partial charge >= 0.3 is 0 Å². The SMILES string of the molecule is C.C=CC(=O)N1CC2(CC(Nc3ncnc(N)c3C(=N)c3ccc(Oc4ccccc4)nc3)C2)C1. The molecule has 4 N–H and O–H groups in total. The van der Waals surface area contributed by atoms with Crippen molar-refractivity contribution in [1.82, 2.24) is 19.9 Å². The van der Waals surface area contributed by atoms with Crippen LogP contribution in [-0.2, 0) is 4.79 Å². The average Bonchev–Trinajstić information content (AvgIpc) is 2.80. The highest BCUT2D eigenvalue weighted by Crippen LogP contribution is 2.49. The Bertz CT molecular complexity index is 1230. The highest BCUT2D eigenvalue weighted by molar-refractivity contribution is 6.16. The Morgan fingerprint density at radius 3 is 2.57 bits per heavy atom. The Morgan fingerprint density at radius 2 is 1.91 bits per heavy atom. The number of amides is 1. The van der Waals surface area contributed by atoms with E-state index in [2.05, 4.69) is 26.8 Å². The van der Waals surface area contributed by atoms with Gasteiger partial charge < -0.3 is 20.7 Å². The molecule has 1 spiro atoms. The summed E-state index contributed by atoms with van der Waals surface area (Å²) in [7, 11) is 0. The Kier molecular flexibility index (Phi) is 6.50. The van der Waals surface area contributed by atoms with Crippen LogP contribution in [0.5, 0.6) is 11.6 Å². The molecule has 0 bridgehead atoms. The molecule has 1 saturated carbocycles. The molecule has 1 aliphatic carbocycles. The summed E-state index contributed by atoms with van der Waals surface area (Å²) in [5.74, 6) is 1.86. The fourth-order valence-electron chi connectivity index (χ4n) is 4.68. The van der Waals surface area contributed by atoms with Crippen LogP contribution in [0.1, 0.15) is 31.4 Å². The van der Waals surface area contributed by atoms with E-state index in [0.29, 0.717) is 28.6 Å². The van der Waals surface area contributed by atoms with E-state index in [1.54, 1.807) is 18.3 Å². The third-order valence-electron chi connectivity index (χ3n) is 6.36. The molecule has 0 unspecified atom stereocenters. The van der Waals surface area contributed by atoms with Gasteiger partial charge in [-0.2, -0.15) is 0 Å². The van der Waals surface area contributed by atoms with Crippen molar-refractivity contribution in [1.29, 1.82) is 5.41 Å². The standard InChI is InChI=1S/C25H25N7O2.CH4/c1-2-20(33)32-13-25(14-32)10-17(11-25)31-24-21(23(27)29-15-30-24)22(26)16-8-9-19(28-12-16)34-18-6-4-3-5-7-18;/h2-9,12,15,17,26H,1,10-11,13-14H2,(H3,27,29,30,31);1H4. The van der Waals surface area contributed by atoms with Gasteiger partial charge in [-0.25, -0.2) is 15.0 Å². The highest BCUT2D eigenvalue weighted by Gasteiger charge is 2.53. The summed E-state index contributed by atoms with van der Waals surface area (Å²) in [5.41, 5.74) is 7.52. The number of benzene rings is 1. The molecule has 5 rings (SSSR count). The molecule has 1 saturated heterocycles. The van der Waals surface area contributed by atoms with Crippen molar-refractivity contribution in [3.63, 3.8) is 0 Å². The molecule has 2 aromatic heterocycles. The number of hydrogen-bond acceptors (Lipinski definition) is 8. The van der Waals surface area contributed by atoms with E-state index < -0.39 is 0 Å². The van der Waals surface area contributed by atoms with Gasteiger partial charge in [0, 0.05) is 42.4 Å². The molecule has 1 amide bonds. The fraction of sp³-hybridized carbons (Fsp3) is 0.269. The van der Waals surface area contributed by atoms with Crippen molar-refractivity contribution in [3.05, 3.63) is 78.8 Å². The van der Waals surface area contributed by atoms with Gasteiger partial charge in [0.1, 0.15) is 23.7 Å². The van der Waals surface area contributed by atoms with E-state index in [0.717, 1.165) is 25.9 Å². The number of aromatic nitrogens is 3. The average molecular weight is 472 g/mol. The summed E-state index contributed by atoms with van der Waals surface area (Å²) in [6.45, 7) is 5.06. The molecule has 9 nitrogen and oxygen atoms in total. The van der Waals surface area contributed by atoms with Gasteiger partial charge in [-0.1, -0.05) is 32.2 Å². The van der Waals surface area contributed by atoms with Crippen LogP contribution in [0.3, 0.4) is 0 Å². The van der Waals surface area contributed by atoms with Crippen molar-refractivity contribution in [2.24, 2.45) is 5.41 Å². The first-order chi connectivity index (χ1) is 16.5. The van der Waals surface area contributed by atoms with Gasteiger partial charge in [0.05, 0.1) is 11.3 Å². The predicted molar refractivity (Wildman–Crippen MR) is 136 cm³/mol. The third-order valence-corrected chi connectivity index (χ3v) is 6.36. The van der Waals surface area contributed by atoms with Crippen molar-refractivity contribution < 1.29 is 9.53 Å². The second-order valence-electron chi connectivity index (χ2n) is 8.81. The van der Waals surface area contributed by atoms with Crippen molar-refractivity contribution in [2.45, 2.75) is 26.3 Å². The van der Waals surface area contributed by atoms with E-state index in [4.69, 9.17) is 15.9 Å². The second kappa shape index (κ2) is 9.54. The summed E-state index contributed by atoms with van der Waals surface area (Å²) in [4.78, 5) is 26.3. The summed E-state index contributed by atoms with van der Waals surface area (Å²) >= 11 is 0. The van der Waals surface area contributed by atoms with Gasteiger partial charge in [-0.3, -0.25) is 10.2 Å². The number of nitrogens with zero attached hydrogens (tertiary/aromatic N) is 4. The number of pyridine rings is 1. The lowest BCUT2D eigenvalue weighted by atomic mass is 9.60. The summed E-state index contributed by atoms with van der Waals surface area (Å²) in [6, 6.07) is 13.1. The van der Waals surface area contributed by atoms with Crippen LogP contribution in [0.15, 0.2) is 67.6 Å². The third kappa shape index (κ3) is 4.70. The Hall–Kier alpha value is -4.27. The largest absolute Gasteiger partial charge is 0.439 e. The molecule has 3 heterocycles. The van der Waals surface area contributed by atoms with Crippen LogP contribution >= 0.6 is 0 Å². The number of anilines is 2. The van der Waals surface area contributed by atoms with Gasteiger partial charge in [0.2, 0.25) is 11.8 Å². The Balaban J connectivity index is 0.00000289. The Morgan fingerprint density at radius 1 is 1.17 bits per heavy atom. The fourth-order valence-corrected chi connectivity index (χ4v) is 4.68. The quantitative estimate of drug-likeness (QED) is 0.352. The van der Waals surface area contributed by atoms with Crippen LogP contribution in [0, 0.1) is 10.8 Å². The minimum atomic E-state index is -0.0184. The van der Waals surface area contributed by atoms with Crippen LogP contribution in [0.2, 0.25) is 0 Å². The van der Waals surface area contributed by atoms with Crippen LogP contribution in [-0.4, -0.2) is 50.6 Å². The maximum atomic E-state index is 11.7. The maximum absolute atomic E-state index is 11.7. The van der Waals surface area contributed by atoms with E-state index in [-0.39, 0.29) is 36.3 Å². The number of hydrogen-bond donors (Lipinski definition) is 3. The van der Waals surface area contributed by atoms with Gasteiger partial charge in [-0.05, 0) is 37.1 Å². The molecule has 35 heavy (non-hydrogen) atoms. The van der Waals surface area contributed by atoms with Crippen LogP contribution in [0.25, 0.3) is 0 Å². The molecule has 0 radical (unpaired) electrons. The first-order valence-corrected chi connectivity index (χ1v) is 11.0. The molecule has 1 aliphatic heterocycles. The molecule has 2 fully saturated rings. The van der Waals surface area contributed by atoms with Gasteiger partial charge in [0.25, 0.3) is 0 Å². The minimum absolute atomic E-state index is 0. The Labute approximate surface area is 204 Å². The number of likely N-dealkylation sites (tertiary alicyclic amines) is 1. The summed E-state index contributed by atoms with van der Waals surface area (Å²) in [5, 5.41) is 12.2.